The van der Waals surface area contributed by atoms with E-state index in [4.69, 9.17) is 0 Å². The predicted octanol–water partition coefficient (Wildman–Crippen LogP) is 5.11. The molecule has 5 rings (SSSR count). The van der Waals surface area contributed by atoms with Gasteiger partial charge in [-0.05, 0) is 42.7 Å². The van der Waals surface area contributed by atoms with E-state index in [2.05, 4.69) is 15.3 Å². The van der Waals surface area contributed by atoms with Gasteiger partial charge in [-0.25, -0.2) is 13.9 Å². The highest BCUT2D eigenvalue weighted by Gasteiger charge is 2.30. The fourth-order valence-electron chi connectivity index (χ4n) is 3.08. The summed E-state index contributed by atoms with van der Waals surface area (Å²) in [5, 5.41) is 3.62. The van der Waals surface area contributed by atoms with Crippen molar-refractivity contribution in [3.05, 3.63) is 49.1 Å². The van der Waals surface area contributed by atoms with E-state index in [1.807, 2.05) is 48.8 Å². The molecule has 1 aliphatic rings. The Hall–Kier alpha value is -2.87. The lowest BCUT2D eigenvalue weighted by molar-refractivity contribution is -0.117. The van der Waals surface area contributed by atoms with Crippen molar-refractivity contribution in [2.75, 3.05) is 5.32 Å². The number of aromatic nitrogens is 4. The van der Waals surface area contributed by atoms with E-state index in [0.29, 0.717) is 11.5 Å². The highest BCUT2D eigenvalue weighted by Crippen LogP contribution is 2.34. The number of anilines is 1. The smallest absolute Gasteiger partial charge is 0.228 e. The topological polar surface area (TPSA) is 64.2 Å². The van der Waals surface area contributed by atoms with Crippen LogP contribution in [0.1, 0.15) is 26.7 Å². The van der Waals surface area contributed by atoms with Crippen molar-refractivity contribution in [2.24, 2.45) is 5.92 Å². The molecule has 0 radical (unpaired) electrons. The first-order chi connectivity index (χ1) is 13.7. The Morgan fingerprint density at radius 3 is 2.82 bits per heavy atom. The number of halogens is 1. The van der Waals surface area contributed by atoms with E-state index in [-0.39, 0.29) is 24.2 Å². The fraction of sp³-hybridized carbons (Fsp3) is 0.250. The lowest BCUT2D eigenvalue weighted by atomic mass is 10.1. The van der Waals surface area contributed by atoms with Crippen LogP contribution in [0.15, 0.2) is 49.1 Å². The van der Waals surface area contributed by atoms with Gasteiger partial charge in [-0.15, -0.1) is 3.89 Å². The van der Waals surface area contributed by atoms with Crippen molar-refractivity contribution < 1.29 is 8.68 Å². The zero-order chi connectivity index (χ0) is 19.7. The first-order valence-electron chi connectivity index (χ1n) is 9.28. The zero-order valence-electron chi connectivity index (χ0n) is 15.6. The molecule has 4 aromatic rings. The van der Waals surface area contributed by atoms with Gasteiger partial charge in [-0.2, -0.15) is 0 Å². The summed E-state index contributed by atoms with van der Waals surface area (Å²) in [6.07, 6.45) is 9.08. The molecule has 1 fully saturated rings. The van der Waals surface area contributed by atoms with Crippen LogP contribution in [0.25, 0.3) is 27.8 Å². The Labute approximate surface area is 166 Å². The van der Waals surface area contributed by atoms with E-state index >= 15 is 0 Å². The van der Waals surface area contributed by atoms with Gasteiger partial charge in [-0.1, -0.05) is 13.8 Å². The molecule has 1 saturated carbocycles. The molecule has 0 saturated heterocycles. The molecule has 0 aromatic carbocycles. The normalized spacial score (nSPS) is 13.4. The number of nitrogens with zero attached hydrogens (tertiary/aromatic N) is 4. The molecular weight excluding hydrogens is 377 g/mol. The number of hydrogen-bond acceptors (Lipinski definition) is 4. The Kier molecular flexibility index (Phi) is 5.04. The summed E-state index contributed by atoms with van der Waals surface area (Å²) in [4.78, 5) is 20.7. The average Bonchev–Trinajstić information content (AvgIpc) is 3.37. The number of imidazole rings is 1. The highest BCUT2D eigenvalue weighted by molar-refractivity contribution is 7.92. The average molecular weight is 397 g/mol. The maximum Gasteiger partial charge on any atom is 0.228 e. The van der Waals surface area contributed by atoms with Crippen LogP contribution in [0.5, 0.6) is 0 Å². The summed E-state index contributed by atoms with van der Waals surface area (Å²) in [6.45, 7) is 4.00. The van der Waals surface area contributed by atoms with Crippen LogP contribution in [0, 0.1) is 5.92 Å². The van der Waals surface area contributed by atoms with Gasteiger partial charge in [0, 0.05) is 41.7 Å². The van der Waals surface area contributed by atoms with Crippen molar-refractivity contribution >= 4 is 40.7 Å². The summed E-state index contributed by atoms with van der Waals surface area (Å²) in [6, 6.07) is 7.53. The van der Waals surface area contributed by atoms with Gasteiger partial charge in [0.05, 0.1) is 0 Å². The summed E-state index contributed by atoms with van der Waals surface area (Å²) in [7, 11) is 0. The third-order valence-electron chi connectivity index (χ3n) is 4.60. The summed E-state index contributed by atoms with van der Waals surface area (Å²) in [5.41, 5.74) is 3.09. The first-order valence-corrected chi connectivity index (χ1v) is 9.95. The first kappa shape index (κ1) is 18.5. The molecule has 1 amide bonds. The van der Waals surface area contributed by atoms with Crippen molar-refractivity contribution in [1.82, 2.24) is 18.3 Å². The molecule has 1 aliphatic carbocycles. The Morgan fingerprint density at radius 1 is 1.25 bits per heavy atom. The molecular formula is C20H20FN5OS. The second-order valence-corrected chi connectivity index (χ2v) is 6.91. The predicted molar refractivity (Wildman–Crippen MR) is 111 cm³/mol. The standard InChI is InChI=1S/C18H14FN5OS.C2H6/c19-26-24-10-14(12-5-7-23-8-6-20-16(23)9-12)13-3-4-15(21-17(13)24)22-18(25)11-1-2-11;1-2/h3-11H,1-2H2,(H,21,22,25);1-2H3. The van der Waals surface area contributed by atoms with Crippen molar-refractivity contribution in [2.45, 2.75) is 26.7 Å². The van der Waals surface area contributed by atoms with Gasteiger partial charge in [0.1, 0.15) is 11.5 Å². The number of amides is 1. The maximum atomic E-state index is 13.5. The van der Waals surface area contributed by atoms with Gasteiger partial charge in [0.25, 0.3) is 0 Å². The lowest BCUT2D eigenvalue weighted by Crippen LogP contribution is -2.14. The second kappa shape index (κ2) is 7.63. The van der Waals surface area contributed by atoms with Crippen LogP contribution in [0.2, 0.25) is 0 Å². The van der Waals surface area contributed by atoms with E-state index < -0.39 is 0 Å². The quantitative estimate of drug-likeness (QED) is 0.520. The lowest BCUT2D eigenvalue weighted by Gasteiger charge is -2.05. The second-order valence-electron chi connectivity index (χ2n) is 6.38. The van der Waals surface area contributed by atoms with Crippen LogP contribution >= 0.6 is 12.3 Å². The van der Waals surface area contributed by atoms with Gasteiger partial charge >= 0.3 is 0 Å². The Morgan fingerprint density at radius 2 is 2.07 bits per heavy atom. The molecule has 4 heterocycles. The molecule has 1 N–H and O–H groups in total. The molecule has 28 heavy (non-hydrogen) atoms. The van der Waals surface area contributed by atoms with Gasteiger partial charge < -0.3 is 9.72 Å². The number of carbonyl (C=O) groups excluding carboxylic acids is 1. The molecule has 8 heteroatoms. The van der Waals surface area contributed by atoms with E-state index in [9.17, 15) is 8.68 Å². The number of nitrogens with one attached hydrogen (secondary N) is 1. The minimum atomic E-state index is -0.0205. The number of pyridine rings is 2. The molecule has 144 valence electrons. The minimum absolute atomic E-state index is 0.0205. The number of fused-ring (bicyclic) bond motifs is 2. The highest BCUT2D eigenvalue weighted by atomic mass is 32.2. The van der Waals surface area contributed by atoms with Gasteiger partial charge in [-0.3, -0.25) is 4.79 Å². The van der Waals surface area contributed by atoms with Crippen LogP contribution in [-0.2, 0) is 4.79 Å². The van der Waals surface area contributed by atoms with Crippen molar-refractivity contribution in [3.63, 3.8) is 0 Å². The third-order valence-corrected chi connectivity index (χ3v) is 5.03. The molecule has 0 spiro atoms. The maximum absolute atomic E-state index is 13.5. The Bertz CT molecular complexity index is 1150. The Balaban J connectivity index is 0.000000932. The van der Waals surface area contributed by atoms with Crippen LogP contribution < -0.4 is 5.32 Å². The minimum Gasteiger partial charge on any atom is -0.310 e. The zero-order valence-corrected chi connectivity index (χ0v) is 16.4. The number of carbonyl (C=O) groups is 1. The van der Waals surface area contributed by atoms with Crippen molar-refractivity contribution in [3.8, 4) is 11.1 Å². The summed E-state index contributed by atoms with van der Waals surface area (Å²) < 4.78 is 16.7. The largest absolute Gasteiger partial charge is 0.310 e. The summed E-state index contributed by atoms with van der Waals surface area (Å²) in [5.74, 6) is 0.512. The molecule has 0 atom stereocenters. The van der Waals surface area contributed by atoms with E-state index in [1.54, 1.807) is 18.5 Å². The molecule has 0 bridgehead atoms. The van der Waals surface area contributed by atoms with Crippen molar-refractivity contribution in [1.29, 1.82) is 0 Å². The van der Waals surface area contributed by atoms with Crippen LogP contribution in [-0.4, -0.2) is 24.2 Å². The molecule has 4 aromatic heterocycles. The van der Waals surface area contributed by atoms with Crippen LogP contribution in [0.4, 0.5) is 9.70 Å². The molecule has 6 nitrogen and oxygen atoms in total. The monoisotopic (exact) mass is 397 g/mol. The van der Waals surface area contributed by atoms with Gasteiger partial charge in [0.2, 0.25) is 5.91 Å². The molecule has 0 unspecified atom stereocenters. The van der Waals surface area contributed by atoms with E-state index in [0.717, 1.165) is 35.0 Å². The number of hydrogen-bond donors (Lipinski definition) is 1. The fourth-order valence-corrected chi connectivity index (χ4v) is 3.43. The van der Waals surface area contributed by atoms with Crippen LogP contribution in [0.3, 0.4) is 0 Å². The summed E-state index contributed by atoms with van der Waals surface area (Å²) >= 11 is 0.0859. The van der Waals surface area contributed by atoms with E-state index in [1.165, 1.54) is 3.97 Å². The SMILES string of the molecule is CC.O=C(Nc1ccc2c(-c3ccn4ccnc4c3)cn(SF)c2n1)C1CC1. The third kappa shape index (κ3) is 3.35. The van der Waals surface area contributed by atoms with Gasteiger partial charge in [0.15, 0.2) is 18.0 Å². The molecule has 0 aliphatic heterocycles. The number of rotatable bonds is 4.